The number of aromatic carboxylic acids is 1. The number of ether oxygens (including phenoxy) is 2. The number of alkyl halides is 3. The fourth-order valence-corrected chi connectivity index (χ4v) is 1.54. The molecule has 0 amide bonds. The third-order valence-corrected chi connectivity index (χ3v) is 2.39. The standard InChI is InChI=1S/C13H9F3O5/c14-13(15,16)21-10-3-1-9(2-4-10)20-7-8-5-6-19-11(8)12(17)18/h1-6H,7H2,(H,17,18). The first-order valence-electron chi connectivity index (χ1n) is 5.63. The van der Waals surface area contributed by atoms with E-state index in [1.807, 2.05) is 0 Å². The minimum absolute atomic E-state index is 0.0857. The highest BCUT2D eigenvalue weighted by molar-refractivity contribution is 5.86. The van der Waals surface area contributed by atoms with E-state index in [4.69, 9.17) is 14.3 Å². The van der Waals surface area contributed by atoms with Gasteiger partial charge in [0.2, 0.25) is 5.76 Å². The van der Waals surface area contributed by atoms with Crippen LogP contribution >= 0.6 is 0 Å². The largest absolute Gasteiger partial charge is 0.573 e. The number of carboxylic acids is 1. The van der Waals surface area contributed by atoms with Crippen molar-refractivity contribution in [2.45, 2.75) is 13.0 Å². The molecule has 8 heteroatoms. The quantitative estimate of drug-likeness (QED) is 0.916. The van der Waals surface area contributed by atoms with Crippen LogP contribution in [0.25, 0.3) is 0 Å². The Morgan fingerprint density at radius 1 is 1.14 bits per heavy atom. The molecule has 2 aromatic rings. The number of rotatable bonds is 5. The van der Waals surface area contributed by atoms with Crippen LogP contribution in [0.2, 0.25) is 0 Å². The van der Waals surface area contributed by atoms with Gasteiger partial charge >= 0.3 is 12.3 Å². The van der Waals surface area contributed by atoms with Crippen molar-refractivity contribution in [3.63, 3.8) is 0 Å². The van der Waals surface area contributed by atoms with E-state index in [9.17, 15) is 18.0 Å². The molecule has 2 rings (SSSR count). The molecular formula is C13H9F3O5. The molecule has 1 aromatic carbocycles. The molecule has 0 atom stereocenters. The molecular weight excluding hydrogens is 293 g/mol. The summed E-state index contributed by atoms with van der Waals surface area (Å²) in [5.41, 5.74) is 0.318. The van der Waals surface area contributed by atoms with Crippen LogP contribution in [0.1, 0.15) is 16.1 Å². The van der Waals surface area contributed by atoms with Gasteiger partial charge in [0.05, 0.1) is 6.26 Å². The molecule has 0 spiro atoms. The molecule has 0 aliphatic rings. The lowest BCUT2D eigenvalue weighted by Gasteiger charge is -2.10. The zero-order valence-corrected chi connectivity index (χ0v) is 10.4. The number of hydrogen-bond donors (Lipinski definition) is 1. The Hall–Kier alpha value is -2.64. The first kappa shape index (κ1) is 14.8. The summed E-state index contributed by atoms with van der Waals surface area (Å²) in [6, 6.07) is 6.18. The Labute approximate surface area is 116 Å². The molecule has 5 nitrogen and oxygen atoms in total. The maximum atomic E-state index is 12.0. The van der Waals surface area contributed by atoms with Gasteiger partial charge in [-0.05, 0) is 30.3 Å². The summed E-state index contributed by atoms with van der Waals surface area (Å²) in [7, 11) is 0. The number of furan rings is 1. The second-order valence-corrected chi connectivity index (χ2v) is 3.89. The van der Waals surface area contributed by atoms with Crippen molar-refractivity contribution in [3.05, 3.63) is 47.9 Å². The van der Waals surface area contributed by atoms with Gasteiger partial charge in [0.1, 0.15) is 18.1 Å². The highest BCUT2D eigenvalue weighted by Crippen LogP contribution is 2.25. The van der Waals surface area contributed by atoms with Crippen molar-refractivity contribution in [1.29, 1.82) is 0 Å². The topological polar surface area (TPSA) is 68.9 Å². The molecule has 1 N–H and O–H groups in total. The van der Waals surface area contributed by atoms with Crippen LogP contribution in [0, 0.1) is 0 Å². The number of carboxylic acid groups (broad SMARTS) is 1. The molecule has 112 valence electrons. The Bertz CT molecular complexity index is 615. The summed E-state index contributed by atoms with van der Waals surface area (Å²) >= 11 is 0. The van der Waals surface area contributed by atoms with Crippen molar-refractivity contribution in [1.82, 2.24) is 0 Å². The van der Waals surface area contributed by atoms with E-state index < -0.39 is 12.3 Å². The molecule has 0 aliphatic carbocycles. The average Bonchev–Trinajstić information content (AvgIpc) is 2.84. The van der Waals surface area contributed by atoms with Crippen LogP contribution in [0.3, 0.4) is 0 Å². The smallest absolute Gasteiger partial charge is 0.489 e. The normalized spacial score (nSPS) is 11.2. The van der Waals surface area contributed by atoms with Gasteiger partial charge < -0.3 is 19.0 Å². The van der Waals surface area contributed by atoms with Crippen LogP contribution < -0.4 is 9.47 Å². The maximum absolute atomic E-state index is 12.0. The summed E-state index contributed by atoms with van der Waals surface area (Å²) in [6.45, 7) is -0.0857. The number of hydrogen-bond acceptors (Lipinski definition) is 4. The lowest BCUT2D eigenvalue weighted by molar-refractivity contribution is -0.274. The summed E-state index contributed by atoms with van der Waals surface area (Å²) in [5.74, 6) is -1.58. The Morgan fingerprint density at radius 2 is 1.76 bits per heavy atom. The van der Waals surface area contributed by atoms with Crippen LogP contribution in [0.5, 0.6) is 11.5 Å². The molecule has 1 aromatic heterocycles. The second kappa shape index (κ2) is 5.78. The molecule has 0 aliphatic heterocycles. The Morgan fingerprint density at radius 3 is 2.33 bits per heavy atom. The molecule has 0 fully saturated rings. The van der Waals surface area contributed by atoms with Gasteiger partial charge in [-0.2, -0.15) is 0 Å². The van der Waals surface area contributed by atoms with E-state index >= 15 is 0 Å². The fourth-order valence-electron chi connectivity index (χ4n) is 1.54. The summed E-state index contributed by atoms with van der Waals surface area (Å²) < 4.78 is 49.7. The molecule has 1 heterocycles. The number of halogens is 3. The molecule has 0 saturated carbocycles. The van der Waals surface area contributed by atoms with E-state index in [-0.39, 0.29) is 23.9 Å². The first-order chi connectivity index (χ1) is 9.85. The Balaban J connectivity index is 1.98. The van der Waals surface area contributed by atoms with Gasteiger partial charge in [-0.15, -0.1) is 13.2 Å². The third-order valence-electron chi connectivity index (χ3n) is 2.39. The fraction of sp³-hybridized carbons (Fsp3) is 0.154. The Kier molecular flexibility index (Phi) is 4.06. The maximum Gasteiger partial charge on any atom is 0.573 e. The van der Waals surface area contributed by atoms with Crippen LogP contribution in [0.4, 0.5) is 13.2 Å². The monoisotopic (exact) mass is 302 g/mol. The molecule has 0 radical (unpaired) electrons. The lowest BCUT2D eigenvalue weighted by Crippen LogP contribution is -2.16. The van der Waals surface area contributed by atoms with Gasteiger partial charge in [0, 0.05) is 5.56 Å². The zero-order chi connectivity index (χ0) is 15.5. The van der Waals surface area contributed by atoms with E-state index in [0.717, 1.165) is 12.1 Å². The van der Waals surface area contributed by atoms with E-state index in [2.05, 4.69) is 4.74 Å². The summed E-state index contributed by atoms with van der Waals surface area (Å²) in [6.07, 6.45) is -3.54. The highest BCUT2D eigenvalue weighted by Gasteiger charge is 2.30. The highest BCUT2D eigenvalue weighted by atomic mass is 19.4. The summed E-state index contributed by atoms with van der Waals surface area (Å²) in [5, 5.41) is 8.82. The zero-order valence-electron chi connectivity index (χ0n) is 10.4. The van der Waals surface area contributed by atoms with Crippen molar-refractivity contribution < 1.29 is 37.0 Å². The molecule has 0 unspecified atom stereocenters. The predicted molar refractivity (Wildman–Crippen MR) is 63.1 cm³/mol. The van der Waals surface area contributed by atoms with Crippen molar-refractivity contribution in [2.24, 2.45) is 0 Å². The average molecular weight is 302 g/mol. The van der Waals surface area contributed by atoms with E-state index in [1.165, 1.54) is 24.5 Å². The third kappa shape index (κ3) is 4.16. The van der Waals surface area contributed by atoms with Crippen molar-refractivity contribution in [2.75, 3.05) is 0 Å². The van der Waals surface area contributed by atoms with Crippen LogP contribution in [0.15, 0.2) is 41.0 Å². The van der Waals surface area contributed by atoms with E-state index in [0.29, 0.717) is 5.56 Å². The number of carbonyl (C=O) groups is 1. The van der Waals surface area contributed by atoms with Gasteiger partial charge in [-0.25, -0.2) is 4.79 Å². The predicted octanol–water partition coefficient (Wildman–Crippen LogP) is 3.46. The number of benzene rings is 1. The summed E-state index contributed by atoms with van der Waals surface area (Å²) in [4.78, 5) is 10.8. The van der Waals surface area contributed by atoms with Crippen molar-refractivity contribution >= 4 is 5.97 Å². The second-order valence-electron chi connectivity index (χ2n) is 3.89. The minimum Gasteiger partial charge on any atom is -0.489 e. The van der Waals surface area contributed by atoms with Gasteiger partial charge in [0.15, 0.2) is 0 Å². The van der Waals surface area contributed by atoms with Gasteiger partial charge in [-0.3, -0.25) is 0 Å². The molecule has 0 saturated heterocycles. The minimum atomic E-state index is -4.75. The van der Waals surface area contributed by atoms with E-state index in [1.54, 1.807) is 0 Å². The molecule has 0 bridgehead atoms. The van der Waals surface area contributed by atoms with Crippen LogP contribution in [-0.2, 0) is 6.61 Å². The molecule has 21 heavy (non-hydrogen) atoms. The van der Waals surface area contributed by atoms with Crippen LogP contribution in [-0.4, -0.2) is 17.4 Å². The first-order valence-corrected chi connectivity index (χ1v) is 5.63. The SMILES string of the molecule is O=C(O)c1occc1COc1ccc(OC(F)(F)F)cc1. The van der Waals surface area contributed by atoms with Gasteiger partial charge in [0.25, 0.3) is 0 Å². The lowest BCUT2D eigenvalue weighted by atomic mass is 10.2. The van der Waals surface area contributed by atoms with Gasteiger partial charge in [-0.1, -0.05) is 0 Å². The van der Waals surface area contributed by atoms with Crippen molar-refractivity contribution in [3.8, 4) is 11.5 Å².